The third-order valence-corrected chi connectivity index (χ3v) is 3.49. The van der Waals surface area contributed by atoms with Crippen molar-refractivity contribution in [2.24, 2.45) is 11.8 Å². The van der Waals surface area contributed by atoms with Crippen molar-refractivity contribution in [1.82, 2.24) is 4.90 Å². The lowest BCUT2D eigenvalue weighted by Gasteiger charge is -2.24. The monoisotopic (exact) mass is 294 g/mol. The van der Waals surface area contributed by atoms with E-state index >= 15 is 0 Å². The molecule has 1 atom stereocenters. The van der Waals surface area contributed by atoms with E-state index in [-0.39, 0.29) is 17.3 Å². The number of benzene rings is 1. The molecule has 0 aliphatic carbocycles. The Kier molecular flexibility index (Phi) is 6.10. The van der Waals surface area contributed by atoms with Crippen molar-refractivity contribution < 1.29 is 9.72 Å². The zero-order valence-corrected chi connectivity index (χ0v) is 12.6. The van der Waals surface area contributed by atoms with Crippen LogP contribution in [0, 0.1) is 16.0 Å². The van der Waals surface area contributed by atoms with Gasteiger partial charge in [-0.2, -0.15) is 0 Å². The van der Waals surface area contributed by atoms with Gasteiger partial charge in [-0.05, 0) is 25.0 Å². The van der Waals surface area contributed by atoms with Gasteiger partial charge in [0.1, 0.15) is 5.69 Å². The summed E-state index contributed by atoms with van der Waals surface area (Å²) in [5.74, 6) is 5.54. The topological polar surface area (TPSA) is 102 Å². The molecule has 0 spiro atoms. The Labute approximate surface area is 124 Å². The number of nitrogens with zero attached hydrogens (tertiary/aromatic N) is 2. The minimum absolute atomic E-state index is 0.130. The number of nitrogens with one attached hydrogen (secondary N) is 1. The van der Waals surface area contributed by atoms with Gasteiger partial charge in [-0.3, -0.25) is 20.8 Å². The summed E-state index contributed by atoms with van der Waals surface area (Å²) in [6.07, 6.45) is 0.986. The van der Waals surface area contributed by atoms with E-state index in [1.54, 1.807) is 4.90 Å². The van der Waals surface area contributed by atoms with Crippen molar-refractivity contribution in [2.45, 2.75) is 27.2 Å². The first-order valence-corrected chi connectivity index (χ1v) is 6.98. The fourth-order valence-corrected chi connectivity index (χ4v) is 1.99. The predicted molar refractivity (Wildman–Crippen MR) is 81.9 cm³/mol. The lowest BCUT2D eigenvalue weighted by molar-refractivity contribution is -0.384. The van der Waals surface area contributed by atoms with Crippen molar-refractivity contribution in [2.75, 3.05) is 18.5 Å². The maximum Gasteiger partial charge on any atom is 0.293 e. The van der Waals surface area contributed by atoms with Gasteiger partial charge in [0.05, 0.1) is 4.92 Å². The van der Waals surface area contributed by atoms with Gasteiger partial charge in [-0.15, -0.1) is 0 Å². The Morgan fingerprint density at radius 1 is 1.48 bits per heavy atom. The third kappa shape index (κ3) is 4.16. The van der Waals surface area contributed by atoms with Crippen LogP contribution < -0.4 is 11.3 Å². The highest BCUT2D eigenvalue weighted by molar-refractivity contribution is 5.96. The summed E-state index contributed by atoms with van der Waals surface area (Å²) in [5.41, 5.74) is 2.63. The van der Waals surface area contributed by atoms with Crippen LogP contribution in [0.1, 0.15) is 37.6 Å². The molecule has 1 rings (SSSR count). The summed E-state index contributed by atoms with van der Waals surface area (Å²) >= 11 is 0. The number of hydrogen-bond acceptors (Lipinski definition) is 5. The molecule has 0 saturated heterocycles. The van der Waals surface area contributed by atoms with Crippen molar-refractivity contribution in [3.8, 4) is 0 Å². The molecule has 0 bridgehead atoms. The quantitative estimate of drug-likeness (QED) is 0.457. The first kappa shape index (κ1) is 16.9. The molecule has 0 aliphatic rings. The number of carbonyl (C=O) groups is 1. The van der Waals surface area contributed by atoms with Crippen molar-refractivity contribution >= 4 is 17.3 Å². The largest absolute Gasteiger partial charge is 0.339 e. The molecule has 1 aromatic carbocycles. The first-order chi connectivity index (χ1) is 9.94. The number of nitro groups is 1. The lowest BCUT2D eigenvalue weighted by Crippen LogP contribution is -2.34. The number of amides is 1. The number of anilines is 1. The summed E-state index contributed by atoms with van der Waals surface area (Å²) < 4.78 is 0. The maximum absolute atomic E-state index is 12.5. The van der Waals surface area contributed by atoms with Crippen molar-refractivity contribution in [3.63, 3.8) is 0 Å². The van der Waals surface area contributed by atoms with Crippen LogP contribution in [0.4, 0.5) is 11.4 Å². The molecule has 7 nitrogen and oxygen atoms in total. The highest BCUT2D eigenvalue weighted by Gasteiger charge is 2.20. The van der Waals surface area contributed by atoms with Crippen molar-refractivity contribution in [1.29, 1.82) is 0 Å². The molecule has 0 aromatic heterocycles. The number of carbonyl (C=O) groups excluding carboxylic acids is 1. The lowest BCUT2D eigenvalue weighted by atomic mass is 10.1. The Hall–Kier alpha value is -2.15. The van der Waals surface area contributed by atoms with Crippen LogP contribution in [0.25, 0.3) is 0 Å². The summed E-state index contributed by atoms with van der Waals surface area (Å²) in [6.45, 7) is 7.32. The summed E-state index contributed by atoms with van der Waals surface area (Å²) in [4.78, 5) is 24.5. The molecule has 0 heterocycles. The average Bonchev–Trinajstić information content (AvgIpc) is 2.50. The number of nitrogen functional groups attached to an aromatic ring is 1. The Balaban J connectivity index is 3.03. The van der Waals surface area contributed by atoms with E-state index in [2.05, 4.69) is 19.3 Å². The standard InChI is InChI=1S/C14H22N4O3/c1-4-10(3)9-17(5-2)14(19)11-6-7-13(18(20)21)12(8-11)16-15/h6-8,10,16H,4-5,9,15H2,1-3H3. The second kappa shape index (κ2) is 7.58. The van der Waals surface area contributed by atoms with E-state index < -0.39 is 4.92 Å². The fourth-order valence-electron chi connectivity index (χ4n) is 1.99. The van der Waals surface area contributed by atoms with E-state index in [9.17, 15) is 14.9 Å². The molecule has 1 aromatic rings. The van der Waals surface area contributed by atoms with E-state index in [1.807, 2.05) is 6.92 Å². The normalized spacial score (nSPS) is 11.8. The number of rotatable bonds is 7. The van der Waals surface area contributed by atoms with Gasteiger partial charge >= 0.3 is 0 Å². The average molecular weight is 294 g/mol. The van der Waals surface area contributed by atoms with Gasteiger partial charge in [0.2, 0.25) is 0 Å². The zero-order chi connectivity index (χ0) is 16.0. The molecule has 0 aliphatic heterocycles. The number of nitro benzene ring substituents is 1. The molecule has 116 valence electrons. The van der Waals surface area contributed by atoms with Crippen LogP contribution in [-0.4, -0.2) is 28.8 Å². The Morgan fingerprint density at radius 2 is 2.14 bits per heavy atom. The molecular formula is C14H22N4O3. The van der Waals surface area contributed by atoms with E-state index in [0.29, 0.717) is 24.6 Å². The minimum Gasteiger partial charge on any atom is -0.339 e. The van der Waals surface area contributed by atoms with Crippen LogP contribution in [0.5, 0.6) is 0 Å². The Bertz CT molecular complexity index is 519. The van der Waals surface area contributed by atoms with Crippen molar-refractivity contribution in [3.05, 3.63) is 33.9 Å². The van der Waals surface area contributed by atoms with Crippen LogP contribution >= 0.6 is 0 Å². The summed E-state index contributed by atoms with van der Waals surface area (Å²) in [6, 6.07) is 4.17. The van der Waals surface area contributed by atoms with Crippen LogP contribution in [0.3, 0.4) is 0 Å². The number of hydrogen-bond donors (Lipinski definition) is 2. The highest BCUT2D eigenvalue weighted by Crippen LogP contribution is 2.25. The smallest absolute Gasteiger partial charge is 0.293 e. The van der Waals surface area contributed by atoms with Crippen LogP contribution in [0.15, 0.2) is 18.2 Å². The minimum atomic E-state index is -0.541. The third-order valence-electron chi connectivity index (χ3n) is 3.49. The molecule has 0 saturated carbocycles. The molecule has 7 heteroatoms. The predicted octanol–water partition coefficient (Wildman–Crippen LogP) is 2.39. The molecule has 0 radical (unpaired) electrons. The van der Waals surface area contributed by atoms with E-state index in [4.69, 9.17) is 5.84 Å². The second-order valence-corrected chi connectivity index (χ2v) is 4.99. The van der Waals surface area contributed by atoms with Gasteiger partial charge in [0.15, 0.2) is 0 Å². The van der Waals surface area contributed by atoms with Gasteiger partial charge in [0, 0.05) is 24.7 Å². The second-order valence-electron chi connectivity index (χ2n) is 4.99. The maximum atomic E-state index is 12.5. The van der Waals surface area contributed by atoms with Gasteiger partial charge < -0.3 is 10.3 Å². The number of nitrogens with two attached hydrogens (primary N) is 1. The van der Waals surface area contributed by atoms with Gasteiger partial charge in [-0.1, -0.05) is 20.3 Å². The zero-order valence-electron chi connectivity index (χ0n) is 12.6. The SMILES string of the molecule is CCC(C)CN(CC)C(=O)c1ccc([N+](=O)[O-])c(NN)c1. The summed E-state index contributed by atoms with van der Waals surface area (Å²) in [5, 5.41) is 10.9. The molecule has 21 heavy (non-hydrogen) atoms. The van der Waals surface area contributed by atoms with Crippen LogP contribution in [-0.2, 0) is 0 Å². The summed E-state index contributed by atoms with van der Waals surface area (Å²) in [7, 11) is 0. The van der Waals surface area contributed by atoms with Gasteiger partial charge in [0.25, 0.3) is 11.6 Å². The molecule has 0 fully saturated rings. The van der Waals surface area contributed by atoms with Crippen LogP contribution in [0.2, 0.25) is 0 Å². The Morgan fingerprint density at radius 3 is 2.62 bits per heavy atom. The molecule has 3 N–H and O–H groups in total. The molecule has 1 unspecified atom stereocenters. The van der Waals surface area contributed by atoms with E-state index in [0.717, 1.165) is 6.42 Å². The van der Waals surface area contributed by atoms with Gasteiger partial charge in [-0.25, -0.2) is 0 Å². The molecular weight excluding hydrogens is 272 g/mol. The first-order valence-electron chi connectivity index (χ1n) is 6.98. The fraction of sp³-hybridized carbons (Fsp3) is 0.500. The number of hydrazine groups is 1. The molecule has 1 amide bonds. The highest BCUT2D eigenvalue weighted by atomic mass is 16.6. The van der Waals surface area contributed by atoms with E-state index in [1.165, 1.54) is 18.2 Å².